The Morgan fingerprint density at radius 1 is 1.70 bits per heavy atom. The minimum atomic E-state index is -0.691. The molecule has 0 aromatic heterocycles. The molecule has 10 heavy (non-hydrogen) atoms. The van der Waals surface area contributed by atoms with Crippen LogP contribution in [0.3, 0.4) is 0 Å². The zero-order chi connectivity index (χ0) is 7.28. The van der Waals surface area contributed by atoms with Crippen LogP contribution >= 0.6 is 22.6 Å². The quantitative estimate of drug-likeness (QED) is 0.481. The number of hydrogen-bond acceptors (Lipinski definition) is 1. The SMILES string of the molecule is CCCCC(I)C(=O)O.[KH]. The monoisotopic (exact) mass is 282 g/mol. The van der Waals surface area contributed by atoms with Gasteiger partial charge in [-0.1, -0.05) is 42.4 Å². The van der Waals surface area contributed by atoms with Crippen molar-refractivity contribution in [2.24, 2.45) is 0 Å². The third kappa shape index (κ3) is 7.94. The summed E-state index contributed by atoms with van der Waals surface area (Å²) in [4.78, 5) is 10.2. The van der Waals surface area contributed by atoms with Crippen molar-refractivity contribution < 1.29 is 9.90 Å². The van der Waals surface area contributed by atoms with E-state index in [4.69, 9.17) is 5.11 Å². The molecule has 0 saturated carbocycles. The molecule has 2 nitrogen and oxygen atoms in total. The van der Waals surface area contributed by atoms with Gasteiger partial charge in [0.2, 0.25) is 0 Å². The van der Waals surface area contributed by atoms with Crippen molar-refractivity contribution in [2.75, 3.05) is 0 Å². The third-order valence-electron chi connectivity index (χ3n) is 1.08. The summed E-state index contributed by atoms with van der Waals surface area (Å²) >= 11 is 1.96. The van der Waals surface area contributed by atoms with Gasteiger partial charge in [0.15, 0.2) is 0 Å². The summed E-state index contributed by atoms with van der Waals surface area (Å²) in [5.41, 5.74) is 0. The van der Waals surface area contributed by atoms with Crippen molar-refractivity contribution in [2.45, 2.75) is 30.1 Å². The Morgan fingerprint density at radius 3 is 2.50 bits per heavy atom. The standard InChI is InChI=1S/C6H11IO2.K.H/c1-2-3-4-5(7)6(8)9;;/h5H,2-4H2,1H3,(H,8,9);;. The number of carbonyl (C=O) groups is 1. The summed E-state index contributed by atoms with van der Waals surface area (Å²) in [7, 11) is 0. The maximum absolute atomic E-state index is 10.2. The van der Waals surface area contributed by atoms with Gasteiger partial charge < -0.3 is 5.11 Å². The number of halogens is 1. The number of rotatable bonds is 4. The summed E-state index contributed by atoms with van der Waals surface area (Å²) in [5, 5.41) is 8.40. The van der Waals surface area contributed by atoms with Gasteiger partial charge in [-0.3, -0.25) is 4.79 Å². The first-order valence-electron chi connectivity index (χ1n) is 3.05. The van der Waals surface area contributed by atoms with Gasteiger partial charge in [-0.05, 0) is 6.42 Å². The van der Waals surface area contributed by atoms with Gasteiger partial charge in [-0.15, -0.1) is 0 Å². The van der Waals surface area contributed by atoms with Crippen LogP contribution in [-0.2, 0) is 4.79 Å². The van der Waals surface area contributed by atoms with Crippen molar-refractivity contribution in [1.29, 1.82) is 0 Å². The Bertz CT molecular complexity index is 97.7. The zero-order valence-corrected chi connectivity index (χ0v) is 7.59. The molecule has 0 aromatic rings. The minimum absolute atomic E-state index is 0. The van der Waals surface area contributed by atoms with Gasteiger partial charge in [0, 0.05) is 0 Å². The van der Waals surface area contributed by atoms with Gasteiger partial charge in [0.25, 0.3) is 0 Å². The predicted molar refractivity (Wildman–Crippen MR) is 52.1 cm³/mol. The molecule has 0 aromatic carbocycles. The molecule has 0 amide bonds. The molecular formula is C6H12IKO2. The van der Waals surface area contributed by atoms with Crippen molar-refractivity contribution in [3.63, 3.8) is 0 Å². The average molecular weight is 282 g/mol. The van der Waals surface area contributed by atoms with Crippen LogP contribution in [0.25, 0.3) is 0 Å². The van der Waals surface area contributed by atoms with E-state index in [1.54, 1.807) is 0 Å². The molecule has 0 saturated heterocycles. The number of hydrogen-bond donors (Lipinski definition) is 1. The first-order chi connectivity index (χ1) is 4.18. The van der Waals surface area contributed by atoms with Gasteiger partial charge >= 0.3 is 57.4 Å². The van der Waals surface area contributed by atoms with E-state index in [9.17, 15) is 4.79 Å². The van der Waals surface area contributed by atoms with E-state index in [0.717, 1.165) is 19.3 Å². The second-order valence-corrected chi connectivity index (χ2v) is 3.45. The summed E-state index contributed by atoms with van der Waals surface area (Å²) in [6.07, 6.45) is 2.89. The molecule has 0 aliphatic heterocycles. The first-order valence-corrected chi connectivity index (χ1v) is 4.30. The van der Waals surface area contributed by atoms with E-state index >= 15 is 0 Å². The van der Waals surface area contributed by atoms with E-state index in [0.29, 0.717) is 0 Å². The van der Waals surface area contributed by atoms with Crippen molar-refractivity contribution >= 4 is 79.9 Å². The van der Waals surface area contributed by atoms with E-state index in [2.05, 4.69) is 6.92 Å². The zero-order valence-electron chi connectivity index (χ0n) is 5.43. The Morgan fingerprint density at radius 2 is 2.20 bits per heavy atom. The molecule has 0 bridgehead atoms. The van der Waals surface area contributed by atoms with Crippen LogP contribution < -0.4 is 0 Å². The van der Waals surface area contributed by atoms with Crippen LogP contribution in [0.5, 0.6) is 0 Å². The molecular weight excluding hydrogens is 270 g/mol. The van der Waals surface area contributed by atoms with Gasteiger partial charge in [0.1, 0.15) is 3.92 Å². The number of carboxylic acids is 1. The second kappa shape index (κ2) is 8.93. The second-order valence-electron chi connectivity index (χ2n) is 1.95. The molecule has 1 N–H and O–H groups in total. The molecule has 0 fully saturated rings. The topological polar surface area (TPSA) is 37.3 Å². The van der Waals surface area contributed by atoms with Crippen LogP contribution in [0.4, 0.5) is 0 Å². The fraction of sp³-hybridized carbons (Fsp3) is 0.833. The molecule has 0 aliphatic rings. The normalized spacial score (nSPS) is 11.8. The molecule has 0 aliphatic carbocycles. The molecule has 1 unspecified atom stereocenters. The number of carboxylic acid groups (broad SMARTS) is 1. The summed E-state index contributed by atoms with van der Waals surface area (Å²) < 4.78 is -0.192. The van der Waals surface area contributed by atoms with Crippen LogP contribution in [0.15, 0.2) is 0 Å². The third-order valence-corrected chi connectivity index (χ3v) is 2.23. The van der Waals surface area contributed by atoms with Crippen LogP contribution in [0, 0.1) is 0 Å². The average Bonchev–Trinajstić information content (AvgIpc) is 1.82. The molecule has 56 valence electrons. The summed E-state index contributed by atoms with van der Waals surface area (Å²) in [5.74, 6) is -0.691. The molecule has 0 radical (unpaired) electrons. The molecule has 4 heteroatoms. The fourth-order valence-corrected chi connectivity index (χ4v) is 0.947. The Kier molecular flexibility index (Phi) is 12.8. The van der Waals surface area contributed by atoms with E-state index in [1.807, 2.05) is 22.6 Å². The Balaban J connectivity index is 0. The fourth-order valence-electron chi connectivity index (χ4n) is 0.507. The van der Waals surface area contributed by atoms with Gasteiger partial charge in [-0.25, -0.2) is 0 Å². The van der Waals surface area contributed by atoms with E-state index in [-0.39, 0.29) is 55.3 Å². The summed E-state index contributed by atoms with van der Waals surface area (Å²) in [6, 6.07) is 0. The van der Waals surface area contributed by atoms with E-state index < -0.39 is 5.97 Å². The Labute approximate surface area is 118 Å². The van der Waals surface area contributed by atoms with Crippen molar-refractivity contribution in [3.05, 3.63) is 0 Å². The van der Waals surface area contributed by atoms with Crippen LogP contribution in [0.2, 0.25) is 0 Å². The van der Waals surface area contributed by atoms with Gasteiger partial charge in [-0.2, -0.15) is 0 Å². The Hall–Kier alpha value is 1.84. The van der Waals surface area contributed by atoms with Crippen molar-refractivity contribution in [1.82, 2.24) is 0 Å². The predicted octanol–water partition coefficient (Wildman–Crippen LogP) is 1.42. The first kappa shape index (κ1) is 14.4. The van der Waals surface area contributed by atoms with Crippen molar-refractivity contribution in [3.8, 4) is 0 Å². The number of unbranched alkanes of at least 4 members (excludes halogenated alkanes) is 1. The van der Waals surface area contributed by atoms with Crippen LogP contribution in [-0.4, -0.2) is 66.4 Å². The van der Waals surface area contributed by atoms with E-state index in [1.165, 1.54) is 0 Å². The molecule has 1 atom stereocenters. The van der Waals surface area contributed by atoms with Crippen LogP contribution in [0.1, 0.15) is 26.2 Å². The molecule has 0 heterocycles. The van der Waals surface area contributed by atoms with Gasteiger partial charge in [0.05, 0.1) is 0 Å². The number of aliphatic carboxylic acids is 1. The summed E-state index contributed by atoms with van der Waals surface area (Å²) in [6.45, 7) is 2.06. The maximum atomic E-state index is 10.2. The number of alkyl halides is 1. The molecule has 0 spiro atoms. The molecule has 0 rings (SSSR count).